The first-order chi connectivity index (χ1) is 9.88. The van der Waals surface area contributed by atoms with Gasteiger partial charge >= 0.3 is 6.18 Å². The number of H-pyrrole nitrogens is 1. The second-order valence-electron chi connectivity index (χ2n) is 4.64. The highest BCUT2D eigenvalue weighted by atomic mass is 32.1. The van der Waals surface area contributed by atoms with Crippen LogP contribution in [-0.4, -0.2) is 14.5 Å². The lowest BCUT2D eigenvalue weighted by Gasteiger charge is -2.12. The fraction of sp³-hybridized carbons (Fsp3) is 0.143. The molecular formula is C14H10F3N3S. The van der Waals surface area contributed by atoms with E-state index in [2.05, 4.69) is 9.97 Å². The zero-order chi connectivity index (χ0) is 15.2. The Morgan fingerprint density at radius 3 is 2.71 bits per heavy atom. The summed E-state index contributed by atoms with van der Waals surface area (Å²) in [4.78, 5) is 7.14. The van der Waals surface area contributed by atoms with Crippen molar-refractivity contribution in [2.24, 2.45) is 0 Å². The molecule has 0 saturated carbocycles. The molecule has 108 valence electrons. The van der Waals surface area contributed by atoms with Crippen LogP contribution in [0, 0.1) is 11.7 Å². The summed E-state index contributed by atoms with van der Waals surface area (Å²) >= 11 is 5.22. The van der Waals surface area contributed by atoms with Gasteiger partial charge in [0.1, 0.15) is 0 Å². The molecule has 0 amide bonds. The van der Waals surface area contributed by atoms with Crippen molar-refractivity contribution in [3.8, 4) is 5.69 Å². The van der Waals surface area contributed by atoms with Crippen molar-refractivity contribution in [3.05, 3.63) is 52.4 Å². The summed E-state index contributed by atoms with van der Waals surface area (Å²) in [5.41, 5.74) is 1.53. The maximum atomic E-state index is 12.9. The van der Waals surface area contributed by atoms with Crippen molar-refractivity contribution in [2.75, 3.05) is 0 Å². The zero-order valence-corrected chi connectivity index (χ0v) is 11.7. The maximum Gasteiger partial charge on any atom is 0.416 e. The largest absolute Gasteiger partial charge is 0.416 e. The molecule has 3 nitrogen and oxygen atoms in total. The monoisotopic (exact) mass is 309 g/mol. The van der Waals surface area contributed by atoms with Gasteiger partial charge in [0.2, 0.25) is 0 Å². The SMILES string of the molecule is Cc1ccc(C(F)(F)F)cc1-n1c(=S)[nH]c2cccnc21. The van der Waals surface area contributed by atoms with E-state index >= 15 is 0 Å². The van der Waals surface area contributed by atoms with Crippen molar-refractivity contribution < 1.29 is 13.2 Å². The van der Waals surface area contributed by atoms with Crippen LogP contribution in [0.4, 0.5) is 13.2 Å². The molecule has 2 aromatic heterocycles. The molecule has 0 aliphatic rings. The molecule has 0 saturated heterocycles. The number of nitrogens with zero attached hydrogens (tertiary/aromatic N) is 2. The van der Waals surface area contributed by atoms with Crippen LogP contribution in [0.25, 0.3) is 16.9 Å². The third kappa shape index (κ3) is 2.33. The van der Waals surface area contributed by atoms with Crippen LogP contribution in [-0.2, 0) is 6.18 Å². The molecule has 0 unspecified atom stereocenters. The number of halogens is 3. The van der Waals surface area contributed by atoms with Crippen LogP contribution in [0.5, 0.6) is 0 Å². The minimum atomic E-state index is -4.40. The summed E-state index contributed by atoms with van der Waals surface area (Å²) in [6.45, 7) is 1.74. The number of hydrogen-bond acceptors (Lipinski definition) is 2. The van der Waals surface area contributed by atoms with Gasteiger partial charge in [0.05, 0.1) is 16.8 Å². The highest BCUT2D eigenvalue weighted by Crippen LogP contribution is 2.32. The van der Waals surface area contributed by atoms with Crippen LogP contribution < -0.4 is 0 Å². The Morgan fingerprint density at radius 2 is 2.00 bits per heavy atom. The van der Waals surface area contributed by atoms with Gasteiger partial charge in [-0.05, 0) is 49.0 Å². The van der Waals surface area contributed by atoms with Gasteiger partial charge in [-0.15, -0.1) is 0 Å². The summed E-state index contributed by atoms with van der Waals surface area (Å²) in [5.74, 6) is 0. The standard InChI is InChI=1S/C14H10F3N3S/c1-8-4-5-9(14(15,16)17)7-11(8)20-12-10(19-13(20)21)3-2-6-18-12/h2-7H,1H3,(H,19,21). The quantitative estimate of drug-likeness (QED) is 0.676. The van der Waals surface area contributed by atoms with Gasteiger partial charge in [-0.3, -0.25) is 4.57 Å². The van der Waals surface area contributed by atoms with Gasteiger partial charge in [-0.2, -0.15) is 13.2 Å². The molecule has 0 radical (unpaired) electrons. The van der Waals surface area contributed by atoms with Gasteiger partial charge in [0.15, 0.2) is 10.4 Å². The van der Waals surface area contributed by atoms with Gasteiger partial charge in [-0.25, -0.2) is 4.98 Å². The van der Waals surface area contributed by atoms with E-state index in [4.69, 9.17) is 12.2 Å². The number of alkyl halides is 3. The lowest BCUT2D eigenvalue weighted by atomic mass is 10.1. The first-order valence-corrected chi connectivity index (χ1v) is 6.53. The Morgan fingerprint density at radius 1 is 1.24 bits per heavy atom. The van der Waals surface area contributed by atoms with Crippen LogP contribution in [0.2, 0.25) is 0 Å². The summed E-state index contributed by atoms with van der Waals surface area (Å²) in [5, 5.41) is 0. The van der Waals surface area contributed by atoms with Crippen molar-refractivity contribution in [2.45, 2.75) is 13.1 Å². The second-order valence-corrected chi connectivity index (χ2v) is 5.03. The fourth-order valence-electron chi connectivity index (χ4n) is 2.19. The van der Waals surface area contributed by atoms with Crippen LogP contribution in [0.1, 0.15) is 11.1 Å². The van der Waals surface area contributed by atoms with Gasteiger partial charge in [-0.1, -0.05) is 6.07 Å². The number of nitrogens with one attached hydrogen (secondary N) is 1. The maximum absolute atomic E-state index is 12.9. The van der Waals surface area contributed by atoms with Crippen LogP contribution in [0.3, 0.4) is 0 Å². The second kappa shape index (κ2) is 4.70. The molecule has 7 heteroatoms. The minimum Gasteiger partial charge on any atom is -0.329 e. The summed E-state index contributed by atoms with van der Waals surface area (Å²) in [7, 11) is 0. The van der Waals surface area contributed by atoms with E-state index in [0.29, 0.717) is 27.2 Å². The lowest BCUT2D eigenvalue weighted by Crippen LogP contribution is -2.07. The predicted molar refractivity (Wildman–Crippen MR) is 76.0 cm³/mol. The number of aryl methyl sites for hydroxylation is 1. The number of hydrogen-bond donors (Lipinski definition) is 1. The molecule has 3 aromatic rings. The highest BCUT2D eigenvalue weighted by molar-refractivity contribution is 7.71. The van der Waals surface area contributed by atoms with Gasteiger partial charge in [0, 0.05) is 6.20 Å². The topological polar surface area (TPSA) is 33.6 Å². The average Bonchev–Trinajstić information content (AvgIpc) is 2.74. The summed E-state index contributed by atoms with van der Waals surface area (Å²) in [6, 6.07) is 7.09. The molecule has 1 N–H and O–H groups in total. The van der Waals surface area contributed by atoms with Crippen molar-refractivity contribution in [1.82, 2.24) is 14.5 Å². The molecule has 0 atom stereocenters. The minimum absolute atomic E-state index is 0.311. The van der Waals surface area contributed by atoms with E-state index < -0.39 is 11.7 Å². The van der Waals surface area contributed by atoms with Crippen LogP contribution in [0.15, 0.2) is 36.5 Å². The molecule has 0 bridgehead atoms. The van der Waals surface area contributed by atoms with Crippen LogP contribution >= 0.6 is 12.2 Å². The van der Waals surface area contributed by atoms with E-state index in [1.165, 1.54) is 10.6 Å². The number of benzene rings is 1. The normalized spacial score (nSPS) is 12.0. The van der Waals surface area contributed by atoms with Crippen molar-refractivity contribution >= 4 is 23.4 Å². The van der Waals surface area contributed by atoms with E-state index in [9.17, 15) is 13.2 Å². The number of rotatable bonds is 1. The van der Waals surface area contributed by atoms with E-state index in [1.54, 1.807) is 25.3 Å². The Labute approximate surface area is 123 Å². The van der Waals surface area contributed by atoms with Gasteiger partial charge < -0.3 is 4.98 Å². The Kier molecular flexibility index (Phi) is 3.09. The first kappa shape index (κ1) is 13.8. The summed E-state index contributed by atoms with van der Waals surface area (Å²) in [6.07, 6.45) is -2.82. The van der Waals surface area contributed by atoms with Crippen molar-refractivity contribution in [3.63, 3.8) is 0 Å². The average molecular weight is 309 g/mol. The molecule has 1 aromatic carbocycles. The van der Waals surface area contributed by atoms with E-state index in [1.807, 2.05) is 0 Å². The third-order valence-corrected chi connectivity index (χ3v) is 3.51. The molecule has 0 fully saturated rings. The zero-order valence-electron chi connectivity index (χ0n) is 10.9. The smallest absolute Gasteiger partial charge is 0.329 e. The third-order valence-electron chi connectivity index (χ3n) is 3.22. The number of imidazole rings is 1. The molecule has 2 heterocycles. The molecular weight excluding hydrogens is 299 g/mol. The van der Waals surface area contributed by atoms with Crippen molar-refractivity contribution in [1.29, 1.82) is 0 Å². The summed E-state index contributed by atoms with van der Waals surface area (Å²) < 4.78 is 40.5. The highest BCUT2D eigenvalue weighted by Gasteiger charge is 2.31. The van der Waals surface area contributed by atoms with E-state index in [-0.39, 0.29) is 0 Å². The molecule has 0 aliphatic carbocycles. The molecule has 0 aliphatic heterocycles. The Bertz CT molecular complexity index is 877. The molecule has 0 spiro atoms. The number of pyridine rings is 1. The molecule has 3 rings (SSSR count). The lowest BCUT2D eigenvalue weighted by molar-refractivity contribution is -0.137. The Balaban J connectivity index is 2.33. The molecule has 21 heavy (non-hydrogen) atoms. The fourth-order valence-corrected chi connectivity index (χ4v) is 2.48. The number of fused-ring (bicyclic) bond motifs is 1. The first-order valence-electron chi connectivity index (χ1n) is 6.12. The Hall–Kier alpha value is -2.15. The number of aromatic amines is 1. The predicted octanol–water partition coefficient (Wildman–Crippen LogP) is 4.41. The van der Waals surface area contributed by atoms with E-state index in [0.717, 1.165) is 12.1 Å². The number of aromatic nitrogens is 3. The van der Waals surface area contributed by atoms with Gasteiger partial charge in [0.25, 0.3) is 0 Å².